The van der Waals surface area contributed by atoms with Crippen molar-refractivity contribution in [2.75, 3.05) is 22.9 Å². The van der Waals surface area contributed by atoms with Crippen molar-refractivity contribution in [3.63, 3.8) is 0 Å². The monoisotopic (exact) mass is 224 g/mol. The third-order valence-corrected chi connectivity index (χ3v) is 2.24. The third kappa shape index (κ3) is 1.49. The maximum Gasteiger partial charge on any atom is 0.413 e. The first-order valence-corrected chi connectivity index (χ1v) is 4.44. The van der Waals surface area contributed by atoms with Gasteiger partial charge in [0.15, 0.2) is 5.82 Å². The SMILES string of the molecule is O=C(O)N1CCN(C(=O)O)c2nnccc21. The second kappa shape index (κ2) is 3.65. The van der Waals surface area contributed by atoms with E-state index >= 15 is 0 Å². The van der Waals surface area contributed by atoms with E-state index in [0.29, 0.717) is 0 Å². The number of amides is 2. The van der Waals surface area contributed by atoms with Crippen LogP contribution in [0.25, 0.3) is 0 Å². The number of nitrogens with zero attached hydrogens (tertiary/aromatic N) is 4. The highest BCUT2D eigenvalue weighted by Crippen LogP contribution is 2.29. The summed E-state index contributed by atoms with van der Waals surface area (Å²) in [6, 6.07) is 1.42. The van der Waals surface area contributed by atoms with E-state index in [-0.39, 0.29) is 24.6 Å². The molecule has 2 heterocycles. The molecule has 1 aromatic rings. The Hall–Kier alpha value is -2.38. The van der Waals surface area contributed by atoms with Gasteiger partial charge < -0.3 is 10.2 Å². The average Bonchev–Trinajstić information content (AvgIpc) is 2.27. The zero-order chi connectivity index (χ0) is 11.7. The molecule has 8 nitrogen and oxygen atoms in total. The highest BCUT2D eigenvalue weighted by Gasteiger charge is 2.31. The number of carboxylic acid groups (broad SMARTS) is 2. The van der Waals surface area contributed by atoms with Gasteiger partial charge in [-0.25, -0.2) is 9.59 Å². The van der Waals surface area contributed by atoms with Gasteiger partial charge in [0.2, 0.25) is 0 Å². The van der Waals surface area contributed by atoms with Gasteiger partial charge in [0.1, 0.15) is 0 Å². The van der Waals surface area contributed by atoms with E-state index in [9.17, 15) is 9.59 Å². The number of aromatic nitrogens is 2. The van der Waals surface area contributed by atoms with Crippen LogP contribution < -0.4 is 9.80 Å². The van der Waals surface area contributed by atoms with Gasteiger partial charge in [-0.2, -0.15) is 5.10 Å². The van der Waals surface area contributed by atoms with Crippen LogP contribution in [-0.2, 0) is 0 Å². The number of carbonyl (C=O) groups is 2. The van der Waals surface area contributed by atoms with Crippen molar-refractivity contribution in [3.05, 3.63) is 12.3 Å². The molecule has 2 amide bonds. The Kier molecular flexibility index (Phi) is 2.31. The molecule has 0 fully saturated rings. The van der Waals surface area contributed by atoms with Crippen LogP contribution in [0.1, 0.15) is 0 Å². The van der Waals surface area contributed by atoms with Crippen molar-refractivity contribution >= 4 is 23.7 Å². The fourth-order valence-electron chi connectivity index (χ4n) is 1.53. The topological polar surface area (TPSA) is 107 Å². The van der Waals surface area contributed by atoms with Crippen molar-refractivity contribution in [3.8, 4) is 0 Å². The molecule has 0 atom stereocenters. The molecular weight excluding hydrogens is 216 g/mol. The third-order valence-electron chi connectivity index (χ3n) is 2.24. The summed E-state index contributed by atoms with van der Waals surface area (Å²) in [7, 11) is 0. The van der Waals surface area contributed by atoms with E-state index in [0.717, 1.165) is 9.80 Å². The maximum atomic E-state index is 10.9. The van der Waals surface area contributed by atoms with Gasteiger partial charge in [-0.05, 0) is 6.07 Å². The molecule has 0 unspecified atom stereocenters. The molecule has 0 radical (unpaired) electrons. The smallest absolute Gasteiger partial charge is 0.413 e. The van der Waals surface area contributed by atoms with E-state index in [4.69, 9.17) is 10.2 Å². The Morgan fingerprint density at radius 3 is 2.44 bits per heavy atom. The predicted molar refractivity (Wildman–Crippen MR) is 52.8 cm³/mol. The number of rotatable bonds is 0. The quantitative estimate of drug-likeness (QED) is 0.662. The zero-order valence-corrected chi connectivity index (χ0v) is 8.07. The molecule has 0 aromatic carbocycles. The fourth-order valence-corrected chi connectivity index (χ4v) is 1.53. The Morgan fingerprint density at radius 1 is 1.19 bits per heavy atom. The van der Waals surface area contributed by atoms with Crippen molar-refractivity contribution < 1.29 is 19.8 Å². The van der Waals surface area contributed by atoms with Crippen molar-refractivity contribution in [1.29, 1.82) is 0 Å². The molecule has 84 valence electrons. The highest BCUT2D eigenvalue weighted by molar-refractivity contribution is 5.97. The standard InChI is InChI=1S/C8H8N4O4/c13-7(14)11-3-4-12(8(15)16)6-5(11)1-2-9-10-6/h1-2H,3-4H2,(H,13,14)(H,15,16). The van der Waals surface area contributed by atoms with E-state index in [1.807, 2.05) is 0 Å². The molecule has 0 bridgehead atoms. The molecule has 16 heavy (non-hydrogen) atoms. The lowest BCUT2D eigenvalue weighted by Gasteiger charge is -2.31. The van der Waals surface area contributed by atoms with Crippen LogP contribution in [0.4, 0.5) is 21.1 Å². The summed E-state index contributed by atoms with van der Waals surface area (Å²) in [5.74, 6) is 0.0450. The molecule has 1 aromatic heterocycles. The lowest BCUT2D eigenvalue weighted by molar-refractivity contribution is 0.196. The largest absolute Gasteiger partial charge is 0.465 e. The first-order valence-electron chi connectivity index (χ1n) is 4.44. The van der Waals surface area contributed by atoms with Gasteiger partial charge in [0.05, 0.1) is 11.9 Å². The summed E-state index contributed by atoms with van der Waals surface area (Å²) < 4.78 is 0. The summed E-state index contributed by atoms with van der Waals surface area (Å²) in [5.41, 5.74) is 0.233. The Morgan fingerprint density at radius 2 is 1.81 bits per heavy atom. The second-order valence-electron chi connectivity index (χ2n) is 3.11. The van der Waals surface area contributed by atoms with E-state index in [1.165, 1.54) is 12.3 Å². The molecule has 1 aliphatic rings. The minimum atomic E-state index is -1.17. The summed E-state index contributed by atoms with van der Waals surface area (Å²) in [6.07, 6.45) is -0.994. The van der Waals surface area contributed by atoms with Crippen molar-refractivity contribution in [1.82, 2.24) is 10.2 Å². The van der Waals surface area contributed by atoms with E-state index in [1.54, 1.807) is 0 Å². The van der Waals surface area contributed by atoms with E-state index < -0.39 is 12.2 Å². The second-order valence-corrected chi connectivity index (χ2v) is 3.11. The van der Waals surface area contributed by atoms with Crippen LogP contribution in [0.5, 0.6) is 0 Å². The molecule has 0 spiro atoms. The Bertz CT molecular complexity index is 408. The van der Waals surface area contributed by atoms with Crippen LogP contribution in [-0.4, -0.2) is 45.7 Å². The van der Waals surface area contributed by atoms with Crippen LogP contribution in [0.3, 0.4) is 0 Å². The Labute approximate surface area is 89.7 Å². The van der Waals surface area contributed by atoms with Gasteiger partial charge in [0, 0.05) is 13.1 Å². The maximum absolute atomic E-state index is 10.9. The minimum absolute atomic E-state index is 0.0450. The molecule has 0 aliphatic carbocycles. The number of hydrogen-bond acceptors (Lipinski definition) is 4. The van der Waals surface area contributed by atoms with Gasteiger partial charge in [-0.15, -0.1) is 5.10 Å². The molecule has 2 N–H and O–H groups in total. The Balaban J connectivity index is 2.48. The molecule has 1 aliphatic heterocycles. The molecule has 0 saturated carbocycles. The van der Waals surface area contributed by atoms with Crippen LogP contribution in [0, 0.1) is 0 Å². The first-order chi connectivity index (χ1) is 7.61. The molecule has 0 saturated heterocycles. The predicted octanol–water partition coefficient (Wildman–Crippen LogP) is 0.459. The molecule has 8 heteroatoms. The van der Waals surface area contributed by atoms with Crippen LogP contribution in [0.15, 0.2) is 12.3 Å². The number of hydrogen-bond donors (Lipinski definition) is 2. The summed E-state index contributed by atoms with van der Waals surface area (Å²) in [5, 5.41) is 25.0. The van der Waals surface area contributed by atoms with Crippen molar-refractivity contribution in [2.24, 2.45) is 0 Å². The lowest BCUT2D eigenvalue weighted by Crippen LogP contribution is -2.46. The van der Waals surface area contributed by atoms with Crippen LogP contribution >= 0.6 is 0 Å². The minimum Gasteiger partial charge on any atom is -0.465 e. The van der Waals surface area contributed by atoms with Gasteiger partial charge in [0.25, 0.3) is 0 Å². The molecule has 2 rings (SSSR count). The highest BCUT2D eigenvalue weighted by atomic mass is 16.4. The summed E-state index contributed by atoms with van der Waals surface area (Å²) in [6.45, 7) is 0.133. The summed E-state index contributed by atoms with van der Waals surface area (Å²) >= 11 is 0. The zero-order valence-electron chi connectivity index (χ0n) is 8.07. The lowest BCUT2D eigenvalue weighted by atomic mass is 10.3. The van der Waals surface area contributed by atoms with Gasteiger partial charge >= 0.3 is 12.2 Å². The molecular formula is C8H8N4O4. The number of fused-ring (bicyclic) bond motifs is 1. The summed E-state index contributed by atoms with van der Waals surface area (Å²) in [4.78, 5) is 23.8. The normalized spacial score (nSPS) is 14.5. The number of anilines is 2. The first kappa shape index (κ1) is 10.1. The fraction of sp³-hybridized carbons (Fsp3) is 0.250. The van der Waals surface area contributed by atoms with Crippen LogP contribution in [0.2, 0.25) is 0 Å². The van der Waals surface area contributed by atoms with Crippen molar-refractivity contribution in [2.45, 2.75) is 0 Å². The average molecular weight is 224 g/mol. The van der Waals surface area contributed by atoms with E-state index in [2.05, 4.69) is 10.2 Å². The van der Waals surface area contributed by atoms with Gasteiger partial charge in [-0.3, -0.25) is 9.80 Å². The van der Waals surface area contributed by atoms with Gasteiger partial charge in [-0.1, -0.05) is 0 Å².